The summed E-state index contributed by atoms with van der Waals surface area (Å²) in [7, 11) is 0. The van der Waals surface area contributed by atoms with Crippen molar-refractivity contribution in [3.05, 3.63) is 96.1 Å². The molecule has 2 heteroatoms. The highest BCUT2D eigenvalue weighted by molar-refractivity contribution is 5.99. The largest absolute Gasteiger partial charge is 0.325 e. The van der Waals surface area contributed by atoms with Gasteiger partial charge in [0, 0.05) is 11.5 Å². The quantitative estimate of drug-likeness (QED) is 0.378. The normalized spacial score (nSPS) is 21.6. The minimum Gasteiger partial charge on any atom is -0.325 e. The molecule has 5 rings (SSSR count). The van der Waals surface area contributed by atoms with E-state index in [1.54, 1.807) is 0 Å². The summed E-state index contributed by atoms with van der Waals surface area (Å²) in [4.78, 5) is 13.8. The summed E-state index contributed by atoms with van der Waals surface area (Å²) < 4.78 is 0. The van der Waals surface area contributed by atoms with E-state index in [2.05, 4.69) is 81.2 Å². The molecule has 37 heavy (non-hydrogen) atoms. The smallest absolute Gasteiger partial charge is 0.227 e. The second-order valence-corrected chi connectivity index (χ2v) is 12.2. The predicted octanol–water partition coefficient (Wildman–Crippen LogP) is 9.26. The van der Waals surface area contributed by atoms with Crippen LogP contribution in [0.25, 0.3) is 16.7 Å². The van der Waals surface area contributed by atoms with Crippen molar-refractivity contribution in [3.63, 3.8) is 0 Å². The molecule has 0 heterocycles. The zero-order valence-corrected chi connectivity index (χ0v) is 22.7. The number of rotatable bonds is 5. The third-order valence-corrected chi connectivity index (χ3v) is 8.66. The highest BCUT2D eigenvalue weighted by Gasteiger charge is 2.36. The van der Waals surface area contributed by atoms with Gasteiger partial charge in [0.1, 0.15) is 0 Å². The average molecular weight is 492 g/mol. The molecule has 0 spiro atoms. The van der Waals surface area contributed by atoms with Crippen molar-refractivity contribution in [1.82, 2.24) is 0 Å². The van der Waals surface area contributed by atoms with E-state index in [9.17, 15) is 4.79 Å². The van der Waals surface area contributed by atoms with Crippen LogP contribution in [0, 0.1) is 17.8 Å². The van der Waals surface area contributed by atoms with Crippen molar-refractivity contribution in [2.45, 2.75) is 71.1 Å². The Labute approximate surface area is 223 Å². The lowest BCUT2D eigenvalue weighted by Gasteiger charge is -2.39. The first-order valence-corrected chi connectivity index (χ1v) is 14.1. The van der Waals surface area contributed by atoms with E-state index >= 15 is 0 Å². The first-order chi connectivity index (χ1) is 17.8. The van der Waals surface area contributed by atoms with Crippen LogP contribution in [0.1, 0.15) is 82.4 Å². The molecule has 3 aromatic carbocycles. The van der Waals surface area contributed by atoms with E-state index in [1.165, 1.54) is 37.7 Å². The Kier molecular flexibility index (Phi) is 7.38. The molecule has 0 bridgehead atoms. The Morgan fingerprint density at radius 1 is 0.811 bits per heavy atom. The topological polar surface area (TPSA) is 29.1 Å². The molecule has 2 aliphatic rings. The number of anilines is 1. The molecule has 3 aromatic rings. The van der Waals surface area contributed by atoms with Gasteiger partial charge in [-0.3, -0.25) is 4.79 Å². The van der Waals surface area contributed by atoms with Gasteiger partial charge in [0.25, 0.3) is 0 Å². The molecule has 2 aliphatic carbocycles. The van der Waals surface area contributed by atoms with Gasteiger partial charge in [-0.15, -0.1) is 0 Å². The maximum absolute atomic E-state index is 13.8. The first-order valence-electron chi connectivity index (χ1n) is 14.1. The third kappa shape index (κ3) is 5.59. The van der Waals surface area contributed by atoms with Crippen LogP contribution in [0.2, 0.25) is 0 Å². The minimum atomic E-state index is -0.153. The van der Waals surface area contributed by atoms with Crippen LogP contribution in [0.5, 0.6) is 0 Å². The van der Waals surface area contributed by atoms with E-state index in [0.29, 0.717) is 0 Å². The van der Waals surface area contributed by atoms with E-state index in [1.807, 2.05) is 24.3 Å². The van der Waals surface area contributed by atoms with Gasteiger partial charge in [0.05, 0.1) is 5.69 Å². The van der Waals surface area contributed by atoms with Crippen LogP contribution < -0.4 is 5.32 Å². The van der Waals surface area contributed by atoms with Crippen molar-refractivity contribution in [3.8, 4) is 11.1 Å². The van der Waals surface area contributed by atoms with Crippen LogP contribution in [0.15, 0.2) is 79.4 Å². The summed E-state index contributed by atoms with van der Waals surface area (Å²) in [5, 5.41) is 3.48. The van der Waals surface area contributed by atoms with Crippen molar-refractivity contribution < 1.29 is 4.79 Å². The molecule has 192 valence electrons. The standard InChI is InChI=1S/C35H41NO/c1-24(25-13-7-5-8-14-25)31-22-30(26-15-9-6-10-16-26)23-32(35(2,3)4)33(31)36-34(37)29-20-19-27-17-11-12-18-28(27)21-29/h5-10,13-16,22-23,27-29H,1,11-12,17-21H2,2-4H3,(H,36,37). The van der Waals surface area contributed by atoms with Gasteiger partial charge in [0.15, 0.2) is 0 Å². The fourth-order valence-electron chi connectivity index (χ4n) is 6.54. The molecule has 2 fully saturated rings. The summed E-state index contributed by atoms with van der Waals surface area (Å²) >= 11 is 0. The molecule has 1 N–H and O–H groups in total. The summed E-state index contributed by atoms with van der Waals surface area (Å²) in [6.07, 6.45) is 8.59. The van der Waals surface area contributed by atoms with Gasteiger partial charge in [-0.2, -0.15) is 0 Å². The molecule has 0 radical (unpaired) electrons. The zero-order valence-electron chi connectivity index (χ0n) is 22.7. The number of nitrogens with one attached hydrogen (secondary N) is 1. The summed E-state index contributed by atoms with van der Waals surface area (Å²) in [6.45, 7) is 11.2. The molecule has 0 aliphatic heterocycles. The Balaban J connectivity index is 1.56. The fraction of sp³-hybridized carbons (Fsp3) is 0.400. The third-order valence-electron chi connectivity index (χ3n) is 8.66. The van der Waals surface area contributed by atoms with Crippen LogP contribution in [-0.4, -0.2) is 5.91 Å². The minimum absolute atomic E-state index is 0.0961. The molecule has 0 saturated heterocycles. The van der Waals surface area contributed by atoms with Gasteiger partial charge in [-0.05, 0) is 76.5 Å². The van der Waals surface area contributed by atoms with Crippen LogP contribution in [0.4, 0.5) is 5.69 Å². The molecule has 1 amide bonds. The lowest BCUT2D eigenvalue weighted by atomic mass is 9.67. The van der Waals surface area contributed by atoms with Gasteiger partial charge in [-0.1, -0.05) is 114 Å². The molecular weight excluding hydrogens is 450 g/mol. The van der Waals surface area contributed by atoms with Crippen molar-refractivity contribution in [2.75, 3.05) is 5.32 Å². The Bertz CT molecular complexity index is 1250. The number of carbonyl (C=O) groups is 1. The fourth-order valence-corrected chi connectivity index (χ4v) is 6.54. The lowest BCUT2D eigenvalue weighted by molar-refractivity contribution is -0.122. The molecule has 2 saturated carbocycles. The van der Waals surface area contributed by atoms with Gasteiger partial charge in [0.2, 0.25) is 5.91 Å². The number of fused-ring (bicyclic) bond motifs is 1. The highest BCUT2D eigenvalue weighted by atomic mass is 16.1. The second kappa shape index (κ2) is 10.7. The molecule has 3 atom stereocenters. The van der Waals surface area contributed by atoms with Gasteiger partial charge in [-0.25, -0.2) is 0 Å². The van der Waals surface area contributed by atoms with E-state index in [-0.39, 0.29) is 17.2 Å². The number of hydrogen-bond donors (Lipinski definition) is 1. The predicted molar refractivity (Wildman–Crippen MR) is 157 cm³/mol. The molecule has 0 aromatic heterocycles. The molecule has 2 nitrogen and oxygen atoms in total. The number of amides is 1. The molecular formula is C35H41NO. The summed E-state index contributed by atoms with van der Waals surface area (Å²) in [5.41, 5.74) is 7.28. The Morgan fingerprint density at radius 3 is 2.14 bits per heavy atom. The van der Waals surface area contributed by atoms with Crippen LogP contribution in [-0.2, 0) is 10.2 Å². The van der Waals surface area contributed by atoms with E-state index in [4.69, 9.17) is 0 Å². The summed E-state index contributed by atoms with van der Waals surface area (Å²) in [5.74, 6) is 1.84. The molecule has 3 unspecified atom stereocenters. The lowest BCUT2D eigenvalue weighted by Crippen LogP contribution is -2.34. The average Bonchev–Trinajstić information content (AvgIpc) is 2.92. The van der Waals surface area contributed by atoms with Crippen LogP contribution >= 0.6 is 0 Å². The SMILES string of the molecule is C=C(c1ccccc1)c1cc(-c2ccccc2)cc(C(C)(C)C)c1NC(=O)C1CCC2CCCCC2C1. The highest BCUT2D eigenvalue weighted by Crippen LogP contribution is 2.44. The van der Waals surface area contributed by atoms with Crippen LogP contribution in [0.3, 0.4) is 0 Å². The zero-order chi connectivity index (χ0) is 26.0. The number of benzene rings is 3. The van der Waals surface area contributed by atoms with Crippen molar-refractivity contribution in [1.29, 1.82) is 0 Å². The maximum atomic E-state index is 13.8. The van der Waals surface area contributed by atoms with Gasteiger partial charge >= 0.3 is 0 Å². The van der Waals surface area contributed by atoms with Crippen molar-refractivity contribution in [2.24, 2.45) is 17.8 Å². The Morgan fingerprint density at radius 2 is 1.46 bits per heavy atom. The second-order valence-electron chi connectivity index (χ2n) is 12.2. The Hall–Kier alpha value is -3.13. The summed E-state index contributed by atoms with van der Waals surface area (Å²) in [6, 6.07) is 25.3. The van der Waals surface area contributed by atoms with Gasteiger partial charge < -0.3 is 5.32 Å². The number of hydrogen-bond acceptors (Lipinski definition) is 1. The number of carbonyl (C=O) groups excluding carboxylic acids is 1. The van der Waals surface area contributed by atoms with E-state index < -0.39 is 0 Å². The monoisotopic (exact) mass is 491 g/mol. The van der Waals surface area contributed by atoms with E-state index in [0.717, 1.165) is 58.2 Å². The first kappa shape index (κ1) is 25.5. The van der Waals surface area contributed by atoms with Crippen molar-refractivity contribution >= 4 is 17.2 Å². The maximum Gasteiger partial charge on any atom is 0.227 e.